The van der Waals surface area contributed by atoms with Crippen molar-refractivity contribution in [1.29, 1.82) is 0 Å². The van der Waals surface area contributed by atoms with Crippen molar-refractivity contribution in [3.05, 3.63) is 115 Å². The maximum atomic E-state index is 12.9. The molecule has 0 atom stereocenters. The number of hydrogen-bond acceptors (Lipinski definition) is 4. The average Bonchev–Trinajstić information content (AvgIpc) is 3.19. The molecule has 0 radical (unpaired) electrons. The van der Waals surface area contributed by atoms with E-state index in [-0.39, 0.29) is 5.91 Å². The summed E-state index contributed by atoms with van der Waals surface area (Å²) in [5.41, 5.74) is 2.19. The first-order valence-electron chi connectivity index (χ1n) is 15.5. The first-order valence-corrected chi connectivity index (χ1v) is 16.3. The van der Waals surface area contributed by atoms with Gasteiger partial charge in [-0.15, -0.1) is 0 Å². The monoisotopic (exact) mass is 579 g/mol. The predicted octanol–water partition coefficient (Wildman–Crippen LogP) is 9.30. The van der Waals surface area contributed by atoms with Gasteiger partial charge >= 0.3 is 0 Å². The van der Waals surface area contributed by atoms with Crippen LogP contribution in [0.1, 0.15) is 63.9 Å². The van der Waals surface area contributed by atoms with Gasteiger partial charge in [-0.1, -0.05) is 110 Å². The van der Waals surface area contributed by atoms with Gasteiger partial charge in [-0.25, -0.2) is 4.99 Å². The minimum absolute atomic E-state index is 0.270. The molecule has 0 saturated carbocycles. The normalized spacial score (nSPS) is 15.7. The summed E-state index contributed by atoms with van der Waals surface area (Å²) < 4.78 is 0. The Morgan fingerprint density at radius 3 is 1.98 bits per heavy atom. The SMILES string of the molecule is CC/C=C\C/C=C\C/C=C\C/C=C\C/C=C\CCCC(=O)N1CCN(C2=Nc3ccccc3Sc3ccccc32)CC1. The lowest BCUT2D eigenvalue weighted by Crippen LogP contribution is -2.50. The molecule has 220 valence electrons. The van der Waals surface area contributed by atoms with Crippen molar-refractivity contribution >= 4 is 29.2 Å². The third-order valence-electron chi connectivity index (χ3n) is 7.29. The number of carbonyl (C=O) groups excluding carboxylic acids is 1. The number of nitrogens with zero attached hydrogens (tertiary/aromatic N) is 3. The van der Waals surface area contributed by atoms with Crippen molar-refractivity contribution in [1.82, 2.24) is 9.80 Å². The molecule has 4 nitrogen and oxygen atoms in total. The number of piperazine rings is 1. The molecule has 2 aliphatic heterocycles. The van der Waals surface area contributed by atoms with Crippen molar-refractivity contribution in [3.63, 3.8) is 0 Å². The van der Waals surface area contributed by atoms with Gasteiger partial charge in [0.2, 0.25) is 5.91 Å². The highest BCUT2D eigenvalue weighted by atomic mass is 32.2. The molecule has 0 spiro atoms. The van der Waals surface area contributed by atoms with E-state index in [1.54, 1.807) is 11.8 Å². The second-order valence-electron chi connectivity index (χ2n) is 10.5. The van der Waals surface area contributed by atoms with Crippen molar-refractivity contribution < 1.29 is 4.79 Å². The molecule has 0 unspecified atom stereocenters. The Balaban J connectivity index is 1.12. The summed E-state index contributed by atoms with van der Waals surface area (Å²) in [6.07, 6.45) is 29.7. The molecule has 0 aliphatic carbocycles. The Bertz CT molecular complexity index is 1310. The van der Waals surface area contributed by atoms with E-state index in [2.05, 4.69) is 115 Å². The molecule has 0 aromatic heterocycles. The third-order valence-corrected chi connectivity index (χ3v) is 8.43. The third kappa shape index (κ3) is 10.1. The van der Waals surface area contributed by atoms with E-state index in [9.17, 15) is 4.79 Å². The number of carbonyl (C=O) groups is 1. The number of aliphatic imine (C=N–C) groups is 1. The Labute approximate surface area is 257 Å². The maximum absolute atomic E-state index is 12.9. The molecular weight excluding hydrogens is 534 g/mol. The Morgan fingerprint density at radius 2 is 1.31 bits per heavy atom. The minimum atomic E-state index is 0.270. The molecule has 0 bridgehead atoms. The summed E-state index contributed by atoms with van der Waals surface area (Å²) >= 11 is 1.78. The minimum Gasteiger partial charge on any atom is -0.353 e. The van der Waals surface area contributed by atoms with Gasteiger partial charge in [0.15, 0.2) is 0 Å². The topological polar surface area (TPSA) is 35.9 Å². The van der Waals surface area contributed by atoms with Crippen molar-refractivity contribution in [2.75, 3.05) is 26.2 Å². The van der Waals surface area contributed by atoms with Crippen LogP contribution in [-0.2, 0) is 4.79 Å². The summed E-state index contributed by atoms with van der Waals surface area (Å²) in [7, 11) is 0. The highest BCUT2D eigenvalue weighted by Crippen LogP contribution is 2.40. The second kappa shape index (κ2) is 18.1. The van der Waals surface area contributed by atoms with Gasteiger partial charge in [-0.05, 0) is 63.1 Å². The Morgan fingerprint density at radius 1 is 0.738 bits per heavy atom. The molecule has 4 rings (SSSR count). The predicted molar refractivity (Wildman–Crippen MR) is 180 cm³/mol. The van der Waals surface area contributed by atoms with Crippen LogP contribution >= 0.6 is 11.8 Å². The highest BCUT2D eigenvalue weighted by Gasteiger charge is 2.26. The fourth-order valence-corrected chi connectivity index (χ4v) is 5.99. The zero-order valence-electron chi connectivity index (χ0n) is 25.0. The van der Waals surface area contributed by atoms with Crippen LogP contribution in [0, 0.1) is 0 Å². The van der Waals surface area contributed by atoms with E-state index < -0.39 is 0 Å². The molecular formula is C37H45N3OS. The molecule has 1 amide bonds. The van der Waals surface area contributed by atoms with E-state index in [1.807, 2.05) is 11.0 Å². The summed E-state index contributed by atoms with van der Waals surface area (Å²) in [4.78, 5) is 24.8. The van der Waals surface area contributed by atoms with E-state index in [0.717, 1.165) is 82.6 Å². The molecule has 2 heterocycles. The lowest BCUT2D eigenvalue weighted by atomic mass is 10.1. The molecule has 1 saturated heterocycles. The van der Waals surface area contributed by atoms with E-state index in [1.165, 1.54) is 15.4 Å². The van der Waals surface area contributed by atoms with Crippen LogP contribution in [0.4, 0.5) is 5.69 Å². The quantitative estimate of drug-likeness (QED) is 0.175. The number of para-hydroxylation sites is 1. The zero-order chi connectivity index (χ0) is 29.2. The number of unbranched alkanes of at least 4 members (excludes halogenated alkanes) is 1. The van der Waals surface area contributed by atoms with E-state index in [0.29, 0.717) is 6.42 Å². The number of fused-ring (bicyclic) bond motifs is 2. The first-order chi connectivity index (χ1) is 20.8. The van der Waals surface area contributed by atoms with Gasteiger partial charge in [-0.3, -0.25) is 4.79 Å². The highest BCUT2D eigenvalue weighted by molar-refractivity contribution is 7.99. The number of amides is 1. The van der Waals surface area contributed by atoms with Crippen LogP contribution < -0.4 is 0 Å². The van der Waals surface area contributed by atoms with Crippen LogP contribution in [0.5, 0.6) is 0 Å². The van der Waals surface area contributed by atoms with Crippen molar-refractivity contribution in [2.24, 2.45) is 4.99 Å². The fraction of sp³-hybridized carbons (Fsp3) is 0.351. The number of hydrogen-bond donors (Lipinski definition) is 0. The van der Waals surface area contributed by atoms with Crippen LogP contribution in [0.25, 0.3) is 0 Å². The lowest BCUT2D eigenvalue weighted by molar-refractivity contribution is -0.132. The van der Waals surface area contributed by atoms with Crippen LogP contribution in [0.2, 0.25) is 0 Å². The van der Waals surface area contributed by atoms with Crippen LogP contribution in [0.15, 0.2) is 124 Å². The van der Waals surface area contributed by atoms with Gasteiger partial charge in [-0.2, -0.15) is 0 Å². The van der Waals surface area contributed by atoms with E-state index >= 15 is 0 Å². The van der Waals surface area contributed by atoms with Crippen LogP contribution in [0.3, 0.4) is 0 Å². The fourth-order valence-electron chi connectivity index (χ4n) is 4.98. The zero-order valence-corrected chi connectivity index (χ0v) is 25.9. The average molecular weight is 580 g/mol. The van der Waals surface area contributed by atoms with E-state index in [4.69, 9.17) is 4.99 Å². The summed E-state index contributed by atoms with van der Waals surface area (Å²) in [5, 5.41) is 0. The van der Waals surface area contributed by atoms with Gasteiger partial charge < -0.3 is 9.80 Å². The number of allylic oxidation sites excluding steroid dienone is 10. The molecule has 0 N–H and O–H groups in total. The molecule has 2 aromatic carbocycles. The number of amidine groups is 1. The smallest absolute Gasteiger partial charge is 0.222 e. The molecule has 1 fully saturated rings. The molecule has 2 aliphatic rings. The van der Waals surface area contributed by atoms with Gasteiger partial charge in [0.25, 0.3) is 0 Å². The van der Waals surface area contributed by atoms with Crippen LogP contribution in [-0.4, -0.2) is 47.7 Å². The molecule has 5 heteroatoms. The number of benzene rings is 2. The van der Waals surface area contributed by atoms with Crippen molar-refractivity contribution in [3.8, 4) is 0 Å². The molecule has 42 heavy (non-hydrogen) atoms. The Kier molecular flexibility index (Phi) is 13.5. The summed E-state index contributed by atoms with van der Waals surface area (Å²) in [5.74, 6) is 1.29. The molecule has 2 aromatic rings. The first kappa shape index (κ1) is 31.4. The maximum Gasteiger partial charge on any atom is 0.222 e. The largest absolute Gasteiger partial charge is 0.353 e. The van der Waals surface area contributed by atoms with Crippen molar-refractivity contribution in [2.45, 2.75) is 68.1 Å². The standard InChI is InChI=1S/C37H45N3OS/c1-2-3-4-5-6-7-8-9-10-11-12-13-14-15-16-17-18-27-36(41)39-28-30-40(31-29-39)37-32-23-19-21-25-34(32)42-35-26-22-20-24-33(35)38-37/h3-4,6-7,9-10,12-13,15-16,19-26H,2,5,8,11,14,17-18,27-31H2,1H3/b4-3-,7-6-,10-9-,13-12-,16-15-. The van der Waals surface area contributed by atoms with Gasteiger partial charge in [0.1, 0.15) is 5.84 Å². The second-order valence-corrected chi connectivity index (χ2v) is 11.6. The Hall–Kier alpha value is -3.57. The van der Waals surface area contributed by atoms with Gasteiger partial charge in [0.05, 0.1) is 5.69 Å². The number of rotatable bonds is 13. The van der Waals surface area contributed by atoms with Gasteiger partial charge in [0, 0.05) is 48.0 Å². The summed E-state index contributed by atoms with van der Waals surface area (Å²) in [6, 6.07) is 16.9. The lowest BCUT2D eigenvalue weighted by Gasteiger charge is -2.36. The summed E-state index contributed by atoms with van der Waals surface area (Å²) in [6.45, 7) is 5.26.